The molecule has 1 saturated carbocycles. The number of aliphatic hydroxyl groups excluding tert-OH is 1. The van der Waals surface area contributed by atoms with Crippen molar-refractivity contribution in [2.75, 3.05) is 30.8 Å². The quantitative estimate of drug-likeness (QED) is 0.173. The molecule has 0 atom stereocenters. The molecule has 0 spiro atoms. The summed E-state index contributed by atoms with van der Waals surface area (Å²) in [6.45, 7) is 2.10. The van der Waals surface area contributed by atoms with Crippen LogP contribution in [0.4, 0.5) is 17.5 Å². The number of pyridine rings is 2. The normalized spacial score (nSPS) is 18.9. The van der Waals surface area contributed by atoms with Crippen LogP contribution in [0.2, 0.25) is 0 Å². The number of ketones is 1. The smallest absolute Gasteiger partial charge is 0.229 e. The van der Waals surface area contributed by atoms with Crippen molar-refractivity contribution in [3.63, 3.8) is 0 Å². The lowest BCUT2D eigenvalue weighted by Crippen LogP contribution is -2.31. The first-order chi connectivity index (χ1) is 22.0. The van der Waals surface area contributed by atoms with E-state index in [0.717, 1.165) is 79.9 Å². The number of nitrogens with one attached hydrogen (secondary N) is 2. The van der Waals surface area contributed by atoms with Crippen molar-refractivity contribution in [2.24, 2.45) is 5.92 Å². The van der Waals surface area contributed by atoms with Crippen LogP contribution in [0.3, 0.4) is 0 Å². The van der Waals surface area contributed by atoms with E-state index in [4.69, 9.17) is 4.98 Å². The topological polar surface area (TPSA) is 116 Å². The van der Waals surface area contributed by atoms with Gasteiger partial charge in [-0.25, -0.2) is 9.97 Å². The number of rotatable bonds is 8. The summed E-state index contributed by atoms with van der Waals surface area (Å²) in [6, 6.07) is 17.3. The summed E-state index contributed by atoms with van der Waals surface area (Å²) in [7, 11) is 2.13. The molecule has 1 aliphatic carbocycles. The Morgan fingerprint density at radius 3 is 2.49 bits per heavy atom. The van der Waals surface area contributed by atoms with Crippen LogP contribution in [0.15, 0.2) is 73.2 Å². The van der Waals surface area contributed by atoms with E-state index in [-0.39, 0.29) is 17.9 Å². The van der Waals surface area contributed by atoms with E-state index in [1.165, 1.54) is 0 Å². The van der Waals surface area contributed by atoms with Crippen molar-refractivity contribution in [1.82, 2.24) is 24.8 Å². The van der Waals surface area contributed by atoms with Gasteiger partial charge >= 0.3 is 0 Å². The highest BCUT2D eigenvalue weighted by Gasteiger charge is 2.22. The SMILES string of the molecule is CN1CCC(CC(=O)c2ccnc(C#Cc3ccc(Nc4ncc(-c5ccccn5)c(NC5CCC(O)CC5)n4)cc3)c2)CC1. The molecule has 9 nitrogen and oxygen atoms in total. The third-order valence-corrected chi connectivity index (χ3v) is 8.64. The zero-order valence-corrected chi connectivity index (χ0v) is 25.6. The first-order valence-electron chi connectivity index (χ1n) is 15.8. The van der Waals surface area contributed by atoms with E-state index in [9.17, 15) is 9.90 Å². The van der Waals surface area contributed by atoms with Gasteiger partial charge in [0.25, 0.3) is 0 Å². The number of nitrogens with zero attached hydrogens (tertiary/aromatic N) is 5. The summed E-state index contributed by atoms with van der Waals surface area (Å²) in [5, 5.41) is 16.8. The molecular formula is C36H39N7O2. The maximum absolute atomic E-state index is 12.9. The molecule has 230 valence electrons. The first-order valence-corrected chi connectivity index (χ1v) is 15.8. The van der Waals surface area contributed by atoms with Gasteiger partial charge in [0.2, 0.25) is 5.95 Å². The van der Waals surface area contributed by atoms with E-state index in [0.29, 0.717) is 29.5 Å². The number of Topliss-reactive ketones (excluding diaryl/α,β-unsaturated/α-hetero) is 1. The number of likely N-dealkylation sites (tertiary alicyclic amines) is 1. The van der Waals surface area contributed by atoms with Crippen molar-refractivity contribution in [2.45, 2.75) is 57.1 Å². The molecule has 1 aliphatic heterocycles. The number of hydrogen-bond acceptors (Lipinski definition) is 9. The molecule has 0 unspecified atom stereocenters. The van der Waals surface area contributed by atoms with Crippen LogP contribution in [-0.4, -0.2) is 68.0 Å². The van der Waals surface area contributed by atoms with Gasteiger partial charge in [0.05, 0.1) is 17.4 Å². The molecule has 4 aromatic rings. The largest absolute Gasteiger partial charge is 0.393 e. The molecule has 2 fully saturated rings. The average molecular weight is 602 g/mol. The van der Waals surface area contributed by atoms with Gasteiger partial charge in [-0.05, 0) is 119 Å². The van der Waals surface area contributed by atoms with Gasteiger partial charge in [-0.2, -0.15) is 4.98 Å². The minimum absolute atomic E-state index is 0.164. The van der Waals surface area contributed by atoms with Gasteiger partial charge in [-0.3, -0.25) is 9.78 Å². The maximum atomic E-state index is 12.9. The second kappa shape index (κ2) is 14.4. The molecule has 9 heteroatoms. The van der Waals surface area contributed by atoms with E-state index < -0.39 is 0 Å². The van der Waals surface area contributed by atoms with Gasteiger partial charge in [0, 0.05) is 47.9 Å². The average Bonchev–Trinajstić information content (AvgIpc) is 3.07. The summed E-state index contributed by atoms with van der Waals surface area (Å²) in [5.41, 5.74) is 4.55. The first kappa shape index (κ1) is 30.4. The number of carbonyl (C=O) groups is 1. The summed E-state index contributed by atoms with van der Waals surface area (Å²) >= 11 is 0. The number of aliphatic hydroxyl groups is 1. The van der Waals surface area contributed by atoms with Crippen LogP contribution < -0.4 is 10.6 Å². The molecular weight excluding hydrogens is 562 g/mol. The Morgan fingerprint density at radius 1 is 0.933 bits per heavy atom. The van der Waals surface area contributed by atoms with E-state index in [1.54, 1.807) is 30.7 Å². The predicted octanol–water partition coefficient (Wildman–Crippen LogP) is 5.71. The molecule has 4 heterocycles. The van der Waals surface area contributed by atoms with Crippen molar-refractivity contribution in [1.29, 1.82) is 0 Å². The Morgan fingerprint density at radius 2 is 1.73 bits per heavy atom. The van der Waals surface area contributed by atoms with Crippen molar-refractivity contribution >= 4 is 23.2 Å². The lowest BCUT2D eigenvalue weighted by Gasteiger charge is -2.28. The number of piperidine rings is 1. The highest BCUT2D eigenvalue weighted by atomic mass is 16.3. The van der Waals surface area contributed by atoms with Gasteiger partial charge in [-0.1, -0.05) is 12.0 Å². The van der Waals surface area contributed by atoms with Crippen LogP contribution >= 0.6 is 0 Å². The van der Waals surface area contributed by atoms with Gasteiger partial charge < -0.3 is 20.6 Å². The summed E-state index contributed by atoms with van der Waals surface area (Å²) < 4.78 is 0. The number of anilines is 3. The molecule has 45 heavy (non-hydrogen) atoms. The fourth-order valence-corrected chi connectivity index (χ4v) is 5.90. The lowest BCUT2D eigenvalue weighted by atomic mass is 9.90. The minimum Gasteiger partial charge on any atom is -0.393 e. The molecule has 0 bridgehead atoms. The van der Waals surface area contributed by atoms with E-state index in [1.807, 2.05) is 42.5 Å². The highest BCUT2D eigenvalue weighted by molar-refractivity contribution is 5.96. The standard InChI is InChI=1S/C36H39N7O2/c1-43-20-16-26(17-21-43)22-34(45)27-15-19-37-30(23-27)10-7-25-5-8-29(9-6-25)41-36-39-24-32(33-4-2-3-18-38-33)35(42-36)40-28-11-13-31(44)14-12-28/h2-6,8-9,15,18-19,23-24,26,28,31,44H,11-14,16-17,20-22H2,1H3,(H2,39,40,41,42). The van der Waals surface area contributed by atoms with Gasteiger partial charge in [-0.15, -0.1) is 0 Å². The Hall–Kier alpha value is -4.65. The fraction of sp³-hybridized carbons (Fsp3) is 0.361. The van der Waals surface area contributed by atoms with Crippen LogP contribution in [-0.2, 0) is 0 Å². The minimum atomic E-state index is -0.224. The summed E-state index contributed by atoms with van der Waals surface area (Å²) in [6.07, 6.45) is 11.0. The van der Waals surface area contributed by atoms with Crippen molar-refractivity contribution in [3.8, 4) is 23.1 Å². The van der Waals surface area contributed by atoms with Gasteiger partial charge in [0.1, 0.15) is 11.5 Å². The fourth-order valence-electron chi connectivity index (χ4n) is 5.90. The van der Waals surface area contributed by atoms with Crippen LogP contribution in [0, 0.1) is 17.8 Å². The molecule has 1 saturated heterocycles. The Balaban J connectivity index is 1.11. The third-order valence-electron chi connectivity index (χ3n) is 8.64. The molecule has 0 amide bonds. The Kier molecular flexibility index (Phi) is 9.74. The molecule has 0 radical (unpaired) electrons. The number of hydrogen-bond donors (Lipinski definition) is 3. The number of carbonyl (C=O) groups excluding carboxylic acids is 1. The predicted molar refractivity (Wildman–Crippen MR) is 176 cm³/mol. The highest BCUT2D eigenvalue weighted by Crippen LogP contribution is 2.29. The van der Waals surface area contributed by atoms with Crippen molar-refractivity contribution < 1.29 is 9.90 Å². The number of benzene rings is 1. The maximum Gasteiger partial charge on any atom is 0.229 e. The Labute approximate surface area is 264 Å². The lowest BCUT2D eigenvalue weighted by molar-refractivity contribution is 0.0936. The van der Waals surface area contributed by atoms with E-state index >= 15 is 0 Å². The van der Waals surface area contributed by atoms with E-state index in [2.05, 4.69) is 49.4 Å². The zero-order valence-electron chi connectivity index (χ0n) is 25.6. The molecule has 2 aliphatic rings. The summed E-state index contributed by atoms with van der Waals surface area (Å²) in [4.78, 5) is 33.5. The van der Waals surface area contributed by atoms with Crippen LogP contribution in [0.1, 0.15) is 66.6 Å². The van der Waals surface area contributed by atoms with Crippen molar-refractivity contribution in [3.05, 3.63) is 90.0 Å². The molecule has 6 rings (SSSR count). The molecule has 3 aromatic heterocycles. The molecule has 1 aromatic carbocycles. The monoisotopic (exact) mass is 601 g/mol. The van der Waals surface area contributed by atoms with Crippen LogP contribution in [0.25, 0.3) is 11.3 Å². The Bertz CT molecular complexity index is 1650. The molecule has 3 N–H and O–H groups in total. The van der Waals surface area contributed by atoms with Crippen LogP contribution in [0.5, 0.6) is 0 Å². The second-order valence-corrected chi connectivity index (χ2v) is 12.1. The third kappa shape index (κ3) is 8.29. The number of aromatic nitrogens is 4. The van der Waals surface area contributed by atoms with Gasteiger partial charge in [0.15, 0.2) is 5.78 Å². The zero-order chi connectivity index (χ0) is 31.0. The summed E-state index contributed by atoms with van der Waals surface area (Å²) in [5.74, 6) is 8.07. The second-order valence-electron chi connectivity index (χ2n) is 12.1.